The molecule has 1 fully saturated rings. The average molecular weight is 378 g/mol. The summed E-state index contributed by atoms with van der Waals surface area (Å²) in [6.07, 6.45) is 0.947. The van der Waals surface area contributed by atoms with Crippen molar-refractivity contribution in [3.8, 4) is 0 Å². The molecule has 144 valence electrons. The minimum absolute atomic E-state index is 0.117. The highest BCUT2D eigenvalue weighted by atomic mass is 16.6. The molecule has 3 N–H and O–H groups in total. The fourth-order valence-electron chi connectivity index (χ4n) is 2.64. The highest BCUT2D eigenvalue weighted by molar-refractivity contribution is 5.77. The minimum atomic E-state index is -0.851. The number of rotatable bonds is 5. The fourth-order valence-corrected chi connectivity index (χ4v) is 2.64. The zero-order valence-corrected chi connectivity index (χ0v) is 14.3. The van der Waals surface area contributed by atoms with Crippen molar-refractivity contribution in [1.29, 1.82) is 0 Å². The number of hydrogen-bond donors (Lipinski definition) is 3. The molecule has 1 amide bonds. The zero-order chi connectivity index (χ0) is 19.4. The van der Waals surface area contributed by atoms with Crippen LogP contribution in [0.3, 0.4) is 0 Å². The molecule has 1 aliphatic rings. The lowest BCUT2D eigenvalue weighted by atomic mass is 10.2. The van der Waals surface area contributed by atoms with Crippen LogP contribution >= 0.6 is 0 Å². The minimum Gasteiger partial charge on any atom is -0.463 e. The highest BCUT2D eigenvalue weighted by Gasteiger charge is 2.39. The molecule has 0 spiro atoms. The summed E-state index contributed by atoms with van der Waals surface area (Å²) < 4.78 is 17.0. The predicted octanol–water partition coefficient (Wildman–Crippen LogP) is -0.153. The van der Waals surface area contributed by atoms with Gasteiger partial charge in [0.15, 0.2) is 0 Å². The third-order valence-corrected chi connectivity index (χ3v) is 3.97. The van der Waals surface area contributed by atoms with Crippen LogP contribution in [-0.4, -0.2) is 45.8 Å². The van der Waals surface area contributed by atoms with E-state index in [1.807, 2.05) is 0 Å². The molecule has 1 aliphatic heterocycles. The van der Waals surface area contributed by atoms with Crippen molar-refractivity contribution in [2.24, 2.45) is 5.10 Å². The Morgan fingerprint density at radius 2 is 2.37 bits per heavy atom. The molecule has 3 rings (SSSR count). The van der Waals surface area contributed by atoms with Crippen molar-refractivity contribution in [1.82, 2.24) is 15.0 Å². The zero-order valence-electron chi connectivity index (χ0n) is 14.3. The largest absolute Gasteiger partial charge is 0.463 e. The summed E-state index contributed by atoms with van der Waals surface area (Å²) >= 11 is 0. The highest BCUT2D eigenvalue weighted by Crippen LogP contribution is 2.29. The molecule has 3 atom stereocenters. The van der Waals surface area contributed by atoms with Crippen molar-refractivity contribution in [3.63, 3.8) is 0 Å². The van der Waals surface area contributed by atoms with Gasteiger partial charge in [0.1, 0.15) is 24.2 Å². The number of aromatic amines is 1. The Morgan fingerprint density at radius 3 is 3.07 bits per heavy atom. The van der Waals surface area contributed by atoms with E-state index in [9.17, 15) is 19.5 Å². The molecule has 1 saturated heterocycles. The smallest absolute Gasteiger partial charge is 0.428 e. The van der Waals surface area contributed by atoms with Crippen molar-refractivity contribution in [2.45, 2.75) is 31.8 Å². The van der Waals surface area contributed by atoms with Crippen LogP contribution in [0.4, 0.5) is 4.79 Å². The van der Waals surface area contributed by atoms with Crippen LogP contribution in [0, 0.1) is 6.92 Å². The second-order valence-electron chi connectivity index (χ2n) is 5.86. The van der Waals surface area contributed by atoms with E-state index in [0.717, 1.165) is 0 Å². The van der Waals surface area contributed by atoms with Gasteiger partial charge >= 0.3 is 11.8 Å². The molecule has 2 aromatic rings. The van der Waals surface area contributed by atoms with Crippen molar-refractivity contribution < 1.29 is 23.8 Å². The van der Waals surface area contributed by atoms with E-state index in [1.165, 1.54) is 23.2 Å². The van der Waals surface area contributed by atoms with Crippen LogP contribution in [0.25, 0.3) is 0 Å². The lowest BCUT2D eigenvalue weighted by Crippen LogP contribution is -2.33. The number of hydrogen-bond acceptors (Lipinski definition) is 8. The van der Waals surface area contributed by atoms with Crippen LogP contribution in [0.2, 0.25) is 0 Å². The van der Waals surface area contributed by atoms with E-state index in [1.54, 1.807) is 19.1 Å². The van der Waals surface area contributed by atoms with Crippen LogP contribution in [0.5, 0.6) is 0 Å². The molecule has 0 aliphatic carbocycles. The molecule has 0 saturated carbocycles. The number of ether oxygens (including phenoxy) is 2. The number of nitrogens with zero attached hydrogens (tertiary/aromatic N) is 2. The average Bonchev–Trinajstić information content (AvgIpc) is 3.28. The van der Waals surface area contributed by atoms with Gasteiger partial charge in [-0.25, -0.2) is 15.0 Å². The lowest BCUT2D eigenvalue weighted by Gasteiger charge is -2.15. The molecule has 0 bridgehead atoms. The topological polar surface area (TPSA) is 148 Å². The van der Waals surface area contributed by atoms with E-state index in [4.69, 9.17) is 13.9 Å². The summed E-state index contributed by atoms with van der Waals surface area (Å²) in [4.78, 5) is 37.5. The standard InChI is InChI=1S/C16H18N4O7/c1-9-7-20(15(23)18-14(9)22)13-5-11(12(8-21)26-13)27-16(24)19-17-6-10-3-2-4-25-10/h2-4,6-7,11-13,21H,5,8H2,1H3,(H,19,24)(H,18,22,23)/b17-6+/t11-,12+,13+/m0/s1. The number of carbonyl (C=O) groups excluding carboxylic acids is 1. The first-order chi connectivity index (χ1) is 13.0. The Kier molecular flexibility index (Phi) is 5.52. The number of amides is 1. The second kappa shape index (κ2) is 8.01. The van der Waals surface area contributed by atoms with Gasteiger partial charge in [-0.15, -0.1) is 0 Å². The maximum Gasteiger partial charge on any atom is 0.428 e. The molecule has 2 aromatic heterocycles. The van der Waals surface area contributed by atoms with Crippen LogP contribution in [0.1, 0.15) is 24.0 Å². The number of H-pyrrole nitrogens is 1. The van der Waals surface area contributed by atoms with E-state index in [-0.39, 0.29) is 6.42 Å². The van der Waals surface area contributed by atoms with Crippen LogP contribution in [-0.2, 0) is 9.47 Å². The molecule has 11 heteroatoms. The van der Waals surface area contributed by atoms with Crippen LogP contribution in [0.15, 0.2) is 43.7 Å². The molecular formula is C16H18N4O7. The summed E-state index contributed by atoms with van der Waals surface area (Å²) in [6.45, 7) is 1.13. The molecule has 0 unspecified atom stereocenters. The Morgan fingerprint density at radius 1 is 1.56 bits per heavy atom. The third kappa shape index (κ3) is 4.33. The Labute approximate surface area is 152 Å². The number of aliphatic hydroxyl groups excluding tert-OH is 1. The number of aliphatic hydroxyl groups is 1. The van der Waals surface area contributed by atoms with Gasteiger partial charge in [0, 0.05) is 18.2 Å². The van der Waals surface area contributed by atoms with E-state index in [2.05, 4.69) is 15.5 Å². The van der Waals surface area contributed by atoms with Gasteiger partial charge in [-0.05, 0) is 19.1 Å². The number of aromatic nitrogens is 2. The van der Waals surface area contributed by atoms with E-state index < -0.39 is 42.4 Å². The number of hydrazone groups is 1. The Balaban J connectivity index is 1.64. The maximum absolute atomic E-state index is 12.0. The first kappa shape index (κ1) is 18.6. The van der Waals surface area contributed by atoms with E-state index in [0.29, 0.717) is 11.3 Å². The summed E-state index contributed by atoms with van der Waals surface area (Å²) in [5, 5.41) is 13.1. The van der Waals surface area contributed by atoms with Crippen LogP contribution < -0.4 is 16.7 Å². The molecule has 27 heavy (non-hydrogen) atoms. The number of aryl methyl sites for hydroxylation is 1. The van der Waals surface area contributed by atoms with Crippen molar-refractivity contribution in [2.75, 3.05) is 6.61 Å². The van der Waals surface area contributed by atoms with Gasteiger partial charge in [0.2, 0.25) is 0 Å². The quantitative estimate of drug-likeness (QED) is 0.484. The normalized spacial score (nSPS) is 22.2. The maximum atomic E-state index is 12.0. The Bertz CT molecular complexity index is 931. The first-order valence-corrected chi connectivity index (χ1v) is 8.09. The number of carbonyl (C=O) groups is 1. The fraction of sp³-hybridized carbons (Fsp3) is 0.375. The van der Waals surface area contributed by atoms with E-state index >= 15 is 0 Å². The summed E-state index contributed by atoms with van der Waals surface area (Å²) in [5.41, 5.74) is 1.35. The van der Waals surface area contributed by atoms with Gasteiger partial charge in [0.05, 0.1) is 19.1 Å². The lowest BCUT2D eigenvalue weighted by molar-refractivity contribution is -0.0484. The van der Waals surface area contributed by atoms with Gasteiger partial charge < -0.3 is 19.0 Å². The molecular weight excluding hydrogens is 360 g/mol. The van der Waals surface area contributed by atoms with Gasteiger partial charge in [-0.3, -0.25) is 14.3 Å². The molecule has 0 aromatic carbocycles. The number of nitrogens with one attached hydrogen (secondary N) is 2. The second-order valence-corrected chi connectivity index (χ2v) is 5.86. The van der Waals surface area contributed by atoms with Gasteiger partial charge in [0.25, 0.3) is 5.56 Å². The molecule has 3 heterocycles. The first-order valence-electron chi connectivity index (χ1n) is 8.09. The predicted molar refractivity (Wildman–Crippen MR) is 91.4 cm³/mol. The summed E-state index contributed by atoms with van der Waals surface area (Å²) in [6, 6.07) is 3.32. The van der Waals surface area contributed by atoms with Gasteiger partial charge in [-0.1, -0.05) is 0 Å². The monoisotopic (exact) mass is 378 g/mol. The third-order valence-electron chi connectivity index (χ3n) is 3.97. The Hall–Kier alpha value is -3.18. The molecule has 11 nitrogen and oxygen atoms in total. The number of furan rings is 1. The molecule has 0 radical (unpaired) electrons. The summed E-state index contributed by atoms with van der Waals surface area (Å²) in [5.74, 6) is 0.445. The van der Waals surface area contributed by atoms with Crippen molar-refractivity contribution >= 4 is 12.3 Å². The summed E-state index contributed by atoms with van der Waals surface area (Å²) in [7, 11) is 0. The van der Waals surface area contributed by atoms with Gasteiger partial charge in [-0.2, -0.15) is 5.10 Å². The SMILES string of the molecule is Cc1cn([C@H]2C[C@H](OC(=O)N/N=C/c3ccco3)[C@@H](CO)O2)c(=O)[nH]c1=O. The van der Waals surface area contributed by atoms with Crippen molar-refractivity contribution in [3.05, 3.63) is 56.8 Å².